The molecule has 0 amide bonds. The Morgan fingerprint density at radius 3 is 1.57 bits per heavy atom. The molecule has 0 saturated heterocycles. The minimum absolute atomic E-state index is 0.0150. The van der Waals surface area contributed by atoms with Crippen molar-refractivity contribution in [3.8, 4) is 22.6 Å². The van der Waals surface area contributed by atoms with Gasteiger partial charge in [0.15, 0.2) is 0 Å². The molecule has 2 heterocycles. The second-order valence-corrected chi connectivity index (χ2v) is 23.5. The summed E-state index contributed by atoms with van der Waals surface area (Å²) in [4.78, 5) is 4.98. The monoisotopic (exact) mass is 853 g/mol. The minimum Gasteiger partial charge on any atom is -0.456 e. The molecule has 10 rings (SSSR count). The summed E-state index contributed by atoms with van der Waals surface area (Å²) in [6.45, 7) is 32.3. The number of hydrogen-bond acceptors (Lipinski definition) is 3. The third-order valence-corrected chi connectivity index (χ3v) is 14.6. The Labute approximate surface area is 389 Å². The van der Waals surface area contributed by atoms with Crippen molar-refractivity contribution in [3.05, 3.63) is 173 Å². The van der Waals surface area contributed by atoms with E-state index in [1.165, 1.54) is 66.6 Å². The number of rotatable bonds is 4. The molecule has 2 aliphatic heterocycles. The molecular formula is C61H65BN2O. The highest BCUT2D eigenvalue weighted by Crippen LogP contribution is 2.58. The van der Waals surface area contributed by atoms with Gasteiger partial charge in [-0.25, -0.2) is 0 Å². The first-order valence-corrected chi connectivity index (χ1v) is 23.7. The normalized spacial score (nSPS) is 14.8. The smallest absolute Gasteiger partial charge is 0.256 e. The highest BCUT2D eigenvalue weighted by Gasteiger charge is 2.48. The van der Waals surface area contributed by atoms with Crippen LogP contribution in [0.2, 0.25) is 0 Å². The highest BCUT2D eigenvalue weighted by molar-refractivity contribution is 6.99. The first-order chi connectivity index (χ1) is 30.5. The van der Waals surface area contributed by atoms with Crippen LogP contribution in [0.15, 0.2) is 140 Å². The Kier molecular flexibility index (Phi) is 9.58. The van der Waals surface area contributed by atoms with E-state index in [1.807, 2.05) is 0 Å². The number of nitrogens with zero attached hydrogens (tertiary/aromatic N) is 2. The van der Waals surface area contributed by atoms with Crippen LogP contribution in [0.25, 0.3) is 11.1 Å². The summed E-state index contributed by atoms with van der Waals surface area (Å²) in [5, 5.41) is 0. The van der Waals surface area contributed by atoms with E-state index < -0.39 is 0 Å². The third-order valence-electron chi connectivity index (χ3n) is 14.6. The molecule has 7 aromatic rings. The summed E-state index contributed by atoms with van der Waals surface area (Å²) < 4.78 is 7.64. The van der Waals surface area contributed by atoms with E-state index in [4.69, 9.17) is 4.74 Å². The Morgan fingerprint density at radius 2 is 1.02 bits per heavy atom. The first-order valence-electron chi connectivity index (χ1n) is 23.7. The quantitative estimate of drug-likeness (QED) is 0.164. The van der Waals surface area contributed by atoms with Gasteiger partial charge in [-0.2, -0.15) is 0 Å². The van der Waals surface area contributed by atoms with E-state index in [1.54, 1.807) is 0 Å². The fourth-order valence-corrected chi connectivity index (χ4v) is 10.7. The predicted octanol–water partition coefficient (Wildman–Crippen LogP) is 15.1. The molecule has 0 radical (unpaired) electrons. The molecule has 328 valence electrons. The lowest BCUT2D eigenvalue weighted by Crippen LogP contribution is -2.60. The second kappa shape index (κ2) is 14.5. The van der Waals surface area contributed by atoms with Gasteiger partial charge < -0.3 is 14.5 Å². The van der Waals surface area contributed by atoms with Gasteiger partial charge in [0.2, 0.25) is 0 Å². The van der Waals surface area contributed by atoms with Crippen molar-refractivity contribution in [2.45, 2.75) is 124 Å². The van der Waals surface area contributed by atoms with Gasteiger partial charge in [0.1, 0.15) is 11.5 Å². The van der Waals surface area contributed by atoms with Crippen molar-refractivity contribution in [1.82, 2.24) is 0 Å². The largest absolute Gasteiger partial charge is 0.456 e. The zero-order valence-corrected chi connectivity index (χ0v) is 41.2. The number of ether oxygens (including phenoxy) is 1. The fourth-order valence-electron chi connectivity index (χ4n) is 10.7. The number of anilines is 6. The number of benzene rings is 7. The molecular weight excluding hydrogens is 787 g/mol. The van der Waals surface area contributed by atoms with Gasteiger partial charge in [-0.05, 0) is 132 Å². The lowest BCUT2D eigenvalue weighted by atomic mass is 9.33. The first kappa shape index (κ1) is 42.9. The molecule has 4 heteroatoms. The maximum absolute atomic E-state index is 7.64. The molecule has 0 aromatic heterocycles. The lowest BCUT2D eigenvalue weighted by Gasteiger charge is -2.42. The summed E-state index contributed by atoms with van der Waals surface area (Å²) in [7, 11) is 0. The Hall–Kier alpha value is -6.00. The Balaban J connectivity index is 1.30. The van der Waals surface area contributed by atoms with Crippen molar-refractivity contribution in [2.24, 2.45) is 0 Å². The minimum atomic E-state index is -0.265. The van der Waals surface area contributed by atoms with Crippen LogP contribution >= 0.6 is 0 Å². The van der Waals surface area contributed by atoms with Gasteiger partial charge in [-0.3, -0.25) is 0 Å². The highest BCUT2D eigenvalue weighted by atomic mass is 16.5. The molecule has 0 spiro atoms. The summed E-state index contributed by atoms with van der Waals surface area (Å²) in [6, 6.07) is 53.3. The van der Waals surface area contributed by atoms with Gasteiger partial charge >= 0.3 is 0 Å². The van der Waals surface area contributed by atoms with E-state index >= 15 is 0 Å². The molecule has 0 fully saturated rings. The standard InChI is InChI=1S/C61H65BN2O/c1-57(2,3)38-22-29-42(30-23-38)63(43-31-24-39(25-32-43)58(4,5)6)55-53-45-18-15-16-19-46(45)61(13,14)47(53)37-49-56(55)65-52-21-17-20-51-54(52)62(49)48-36-41(60(10,11)12)28-35-50(48)64(51)44-33-26-40(27-34-44)59(7,8)9/h15-37H,1-14H3. The molecule has 65 heavy (non-hydrogen) atoms. The van der Waals surface area contributed by atoms with E-state index in [-0.39, 0.29) is 33.8 Å². The van der Waals surface area contributed by atoms with Gasteiger partial charge in [0.05, 0.1) is 5.69 Å². The maximum Gasteiger partial charge on any atom is 0.256 e. The van der Waals surface area contributed by atoms with Crippen LogP contribution in [-0.2, 0) is 27.1 Å². The summed E-state index contributed by atoms with van der Waals surface area (Å²) in [5.41, 5.74) is 20.7. The molecule has 3 aliphatic rings. The molecule has 1 aliphatic carbocycles. The Morgan fingerprint density at radius 1 is 0.492 bits per heavy atom. The molecule has 0 unspecified atom stereocenters. The third kappa shape index (κ3) is 6.93. The van der Waals surface area contributed by atoms with E-state index in [2.05, 4.69) is 246 Å². The lowest BCUT2D eigenvalue weighted by molar-refractivity contribution is 0.488. The molecule has 7 aromatic carbocycles. The average molecular weight is 853 g/mol. The van der Waals surface area contributed by atoms with Crippen LogP contribution in [0.5, 0.6) is 11.5 Å². The van der Waals surface area contributed by atoms with Crippen molar-refractivity contribution < 1.29 is 4.74 Å². The van der Waals surface area contributed by atoms with Gasteiger partial charge in [0.25, 0.3) is 6.71 Å². The molecule has 0 atom stereocenters. The topological polar surface area (TPSA) is 15.7 Å². The van der Waals surface area contributed by atoms with Gasteiger partial charge in [0, 0.05) is 39.4 Å². The maximum atomic E-state index is 7.64. The summed E-state index contributed by atoms with van der Waals surface area (Å²) in [6.07, 6.45) is 0. The van der Waals surface area contributed by atoms with Crippen LogP contribution in [0, 0.1) is 0 Å². The van der Waals surface area contributed by atoms with Crippen molar-refractivity contribution >= 4 is 57.2 Å². The summed E-state index contributed by atoms with van der Waals surface area (Å²) >= 11 is 0. The van der Waals surface area contributed by atoms with Crippen LogP contribution in [-0.4, -0.2) is 6.71 Å². The number of hydrogen-bond donors (Lipinski definition) is 0. The zero-order chi connectivity index (χ0) is 46.2. The zero-order valence-electron chi connectivity index (χ0n) is 41.2. The number of fused-ring (bicyclic) bond motifs is 7. The van der Waals surface area contributed by atoms with Crippen molar-refractivity contribution in [2.75, 3.05) is 9.80 Å². The molecule has 3 nitrogen and oxygen atoms in total. The SMILES string of the molecule is CC(C)(C)c1ccc(N2c3ccc(C(C)(C)C)cc3B3c4cc5c(c(N(c6ccc(C(C)(C)C)cc6)c6ccc(C(C)(C)C)cc6)c4Oc4cccc2c43)-c2ccccc2C5(C)C)cc1. The van der Waals surface area contributed by atoms with Gasteiger partial charge in [-0.15, -0.1) is 0 Å². The van der Waals surface area contributed by atoms with E-state index in [0.717, 1.165) is 39.9 Å². The van der Waals surface area contributed by atoms with Crippen molar-refractivity contribution in [1.29, 1.82) is 0 Å². The molecule has 0 N–H and O–H groups in total. The van der Waals surface area contributed by atoms with Crippen LogP contribution in [0.1, 0.15) is 130 Å². The van der Waals surface area contributed by atoms with E-state index in [9.17, 15) is 0 Å². The summed E-state index contributed by atoms with van der Waals surface area (Å²) in [5.74, 6) is 1.82. The van der Waals surface area contributed by atoms with Crippen LogP contribution < -0.4 is 30.9 Å². The van der Waals surface area contributed by atoms with Crippen LogP contribution in [0.3, 0.4) is 0 Å². The van der Waals surface area contributed by atoms with Crippen molar-refractivity contribution in [3.63, 3.8) is 0 Å². The van der Waals surface area contributed by atoms with Crippen LogP contribution in [0.4, 0.5) is 34.1 Å². The molecule has 0 bridgehead atoms. The molecule has 0 saturated carbocycles. The van der Waals surface area contributed by atoms with E-state index in [0.29, 0.717) is 0 Å². The Bertz CT molecular complexity index is 2940. The second-order valence-electron chi connectivity index (χ2n) is 23.5. The average Bonchev–Trinajstić information content (AvgIpc) is 3.48. The fraction of sp³-hybridized carbons (Fsp3) is 0.311. The van der Waals surface area contributed by atoms with Gasteiger partial charge in [-0.1, -0.05) is 182 Å². The predicted molar refractivity (Wildman–Crippen MR) is 279 cm³/mol.